The summed E-state index contributed by atoms with van der Waals surface area (Å²) in [7, 11) is 0. The second-order valence-corrected chi connectivity index (χ2v) is 7.28. The molecule has 0 unspecified atom stereocenters. The fourth-order valence-corrected chi connectivity index (χ4v) is 4.06. The standard InChI is InChI=1S/C19H26N2OS/c22-13-9-18-15-20(10-8-17-5-2-1-3-6-17)11-12-21(18)16-19-7-4-14-23-19/h1-7,14,18,22H,8-13,15-16H2/t18-/m1/s1. The molecule has 0 aliphatic carbocycles. The van der Waals surface area contributed by atoms with Gasteiger partial charge in [-0.05, 0) is 29.9 Å². The van der Waals surface area contributed by atoms with E-state index in [1.807, 2.05) is 11.3 Å². The van der Waals surface area contributed by atoms with Gasteiger partial charge in [0.1, 0.15) is 0 Å². The Labute approximate surface area is 143 Å². The highest BCUT2D eigenvalue weighted by molar-refractivity contribution is 7.09. The monoisotopic (exact) mass is 330 g/mol. The first-order valence-corrected chi connectivity index (χ1v) is 9.36. The van der Waals surface area contributed by atoms with Gasteiger partial charge in [0, 0.05) is 50.2 Å². The summed E-state index contributed by atoms with van der Waals surface area (Å²) in [6.07, 6.45) is 1.98. The molecule has 3 nitrogen and oxygen atoms in total. The number of rotatable bonds is 7. The van der Waals surface area contributed by atoms with Crippen molar-refractivity contribution in [3.05, 3.63) is 58.3 Å². The third-order valence-corrected chi connectivity index (χ3v) is 5.51. The first kappa shape index (κ1) is 16.7. The Morgan fingerprint density at radius 1 is 1.09 bits per heavy atom. The van der Waals surface area contributed by atoms with Gasteiger partial charge in [0.05, 0.1) is 0 Å². The second kappa shape index (κ2) is 8.60. The van der Waals surface area contributed by atoms with Gasteiger partial charge in [-0.1, -0.05) is 36.4 Å². The highest BCUT2D eigenvalue weighted by Gasteiger charge is 2.26. The van der Waals surface area contributed by atoms with E-state index in [1.165, 1.54) is 10.4 Å². The van der Waals surface area contributed by atoms with E-state index < -0.39 is 0 Å². The predicted octanol–water partition coefficient (Wildman–Crippen LogP) is 2.86. The Kier molecular flexibility index (Phi) is 6.22. The molecule has 0 bridgehead atoms. The number of thiophene rings is 1. The van der Waals surface area contributed by atoms with Crippen LogP contribution < -0.4 is 0 Å². The predicted molar refractivity (Wildman–Crippen MR) is 96.8 cm³/mol. The Morgan fingerprint density at radius 2 is 1.96 bits per heavy atom. The average Bonchev–Trinajstić information content (AvgIpc) is 3.09. The van der Waals surface area contributed by atoms with Crippen LogP contribution in [0.25, 0.3) is 0 Å². The smallest absolute Gasteiger partial charge is 0.0446 e. The van der Waals surface area contributed by atoms with E-state index in [4.69, 9.17) is 0 Å². The molecule has 0 amide bonds. The number of hydrogen-bond acceptors (Lipinski definition) is 4. The van der Waals surface area contributed by atoms with Crippen molar-refractivity contribution in [3.63, 3.8) is 0 Å². The molecular formula is C19H26N2OS. The van der Waals surface area contributed by atoms with Crippen LogP contribution in [-0.4, -0.2) is 53.7 Å². The molecule has 0 radical (unpaired) electrons. The molecule has 1 aromatic carbocycles. The van der Waals surface area contributed by atoms with Crippen LogP contribution in [0, 0.1) is 0 Å². The average molecular weight is 330 g/mol. The minimum absolute atomic E-state index is 0.276. The number of aliphatic hydroxyl groups excluding tert-OH is 1. The maximum absolute atomic E-state index is 9.41. The third-order valence-electron chi connectivity index (χ3n) is 4.65. The molecule has 0 saturated carbocycles. The molecule has 124 valence electrons. The largest absolute Gasteiger partial charge is 0.396 e. The van der Waals surface area contributed by atoms with E-state index in [2.05, 4.69) is 57.6 Å². The van der Waals surface area contributed by atoms with Gasteiger partial charge in [0.15, 0.2) is 0 Å². The van der Waals surface area contributed by atoms with Gasteiger partial charge in [0.25, 0.3) is 0 Å². The van der Waals surface area contributed by atoms with Crippen LogP contribution in [0.15, 0.2) is 47.8 Å². The van der Waals surface area contributed by atoms with Gasteiger partial charge >= 0.3 is 0 Å². The molecule has 23 heavy (non-hydrogen) atoms. The third kappa shape index (κ3) is 4.88. The highest BCUT2D eigenvalue weighted by atomic mass is 32.1. The van der Waals surface area contributed by atoms with Crippen molar-refractivity contribution in [2.24, 2.45) is 0 Å². The molecule has 1 aliphatic heterocycles. The minimum Gasteiger partial charge on any atom is -0.396 e. The van der Waals surface area contributed by atoms with Crippen LogP contribution in [0.3, 0.4) is 0 Å². The number of nitrogens with zero attached hydrogens (tertiary/aromatic N) is 2. The lowest BCUT2D eigenvalue weighted by molar-refractivity contribution is 0.0550. The zero-order chi connectivity index (χ0) is 15.9. The van der Waals surface area contributed by atoms with Crippen LogP contribution in [-0.2, 0) is 13.0 Å². The molecule has 2 aromatic rings. The fourth-order valence-electron chi connectivity index (χ4n) is 3.33. The molecule has 1 N–H and O–H groups in total. The quantitative estimate of drug-likeness (QED) is 0.846. The Morgan fingerprint density at radius 3 is 2.70 bits per heavy atom. The van der Waals surface area contributed by atoms with Gasteiger partial charge in [-0.3, -0.25) is 4.90 Å². The highest BCUT2D eigenvalue weighted by Crippen LogP contribution is 2.19. The van der Waals surface area contributed by atoms with E-state index in [0.717, 1.165) is 45.6 Å². The lowest BCUT2D eigenvalue weighted by Crippen LogP contribution is -2.53. The molecule has 1 saturated heterocycles. The van der Waals surface area contributed by atoms with E-state index in [0.29, 0.717) is 6.04 Å². The minimum atomic E-state index is 0.276. The summed E-state index contributed by atoms with van der Waals surface area (Å²) < 4.78 is 0. The van der Waals surface area contributed by atoms with E-state index in [-0.39, 0.29) is 6.61 Å². The zero-order valence-electron chi connectivity index (χ0n) is 13.6. The van der Waals surface area contributed by atoms with Crippen molar-refractivity contribution < 1.29 is 5.11 Å². The first-order valence-electron chi connectivity index (χ1n) is 8.49. The van der Waals surface area contributed by atoms with Gasteiger partial charge in [-0.25, -0.2) is 0 Å². The van der Waals surface area contributed by atoms with Crippen LogP contribution in [0.1, 0.15) is 16.9 Å². The summed E-state index contributed by atoms with van der Waals surface area (Å²) in [6, 6.07) is 15.5. The Bertz CT molecular complexity index is 558. The van der Waals surface area contributed by atoms with Gasteiger partial charge in [-0.15, -0.1) is 11.3 Å². The maximum Gasteiger partial charge on any atom is 0.0446 e. The van der Waals surface area contributed by atoms with E-state index in [1.54, 1.807) is 0 Å². The molecule has 0 spiro atoms. The summed E-state index contributed by atoms with van der Waals surface area (Å²) in [5.74, 6) is 0. The molecule has 1 atom stereocenters. The number of aliphatic hydroxyl groups is 1. The molecule has 1 aliphatic rings. The summed E-state index contributed by atoms with van der Waals surface area (Å²) in [5.41, 5.74) is 1.41. The summed E-state index contributed by atoms with van der Waals surface area (Å²) in [6.45, 7) is 5.70. The lowest BCUT2D eigenvalue weighted by atomic mass is 10.1. The Hall–Kier alpha value is -1.20. The summed E-state index contributed by atoms with van der Waals surface area (Å²) in [4.78, 5) is 6.52. The number of benzene rings is 1. The normalized spacial score (nSPS) is 20.0. The van der Waals surface area contributed by atoms with Crippen molar-refractivity contribution in [3.8, 4) is 0 Å². The molecule has 2 heterocycles. The Balaban J connectivity index is 1.53. The van der Waals surface area contributed by atoms with Crippen molar-refractivity contribution in [1.82, 2.24) is 9.80 Å². The summed E-state index contributed by atoms with van der Waals surface area (Å²) >= 11 is 1.83. The van der Waals surface area contributed by atoms with E-state index >= 15 is 0 Å². The fraction of sp³-hybridized carbons (Fsp3) is 0.474. The van der Waals surface area contributed by atoms with Crippen molar-refractivity contribution >= 4 is 11.3 Å². The van der Waals surface area contributed by atoms with Crippen LogP contribution >= 0.6 is 11.3 Å². The number of hydrogen-bond donors (Lipinski definition) is 1. The topological polar surface area (TPSA) is 26.7 Å². The van der Waals surface area contributed by atoms with E-state index in [9.17, 15) is 5.11 Å². The summed E-state index contributed by atoms with van der Waals surface area (Å²) in [5, 5.41) is 11.6. The van der Waals surface area contributed by atoms with Gasteiger partial charge in [-0.2, -0.15) is 0 Å². The zero-order valence-corrected chi connectivity index (χ0v) is 14.4. The second-order valence-electron chi connectivity index (χ2n) is 6.25. The van der Waals surface area contributed by atoms with Crippen molar-refractivity contribution in [1.29, 1.82) is 0 Å². The molecular weight excluding hydrogens is 304 g/mol. The molecule has 4 heteroatoms. The first-order chi connectivity index (χ1) is 11.3. The molecule has 1 fully saturated rings. The lowest BCUT2D eigenvalue weighted by Gasteiger charge is -2.41. The molecule has 3 rings (SSSR count). The number of piperazine rings is 1. The van der Waals surface area contributed by atoms with Crippen LogP contribution in [0.4, 0.5) is 0 Å². The maximum atomic E-state index is 9.41. The van der Waals surface area contributed by atoms with Crippen molar-refractivity contribution in [2.45, 2.75) is 25.4 Å². The molecule has 1 aromatic heterocycles. The van der Waals surface area contributed by atoms with Crippen LogP contribution in [0.5, 0.6) is 0 Å². The van der Waals surface area contributed by atoms with Crippen LogP contribution in [0.2, 0.25) is 0 Å². The van der Waals surface area contributed by atoms with Gasteiger partial charge in [0.2, 0.25) is 0 Å². The van der Waals surface area contributed by atoms with Gasteiger partial charge < -0.3 is 10.0 Å². The van der Waals surface area contributed by atoms with Crippen molar-refractivity contribution in [2.75, 3.05) is 32.8 Å². The SMILES string of the molecule is OCC[C@@H]1CN(CCc2ccccc2)CCN1Cc1cccs1.